The number of aliphatic imine (C=N–C) groups is 2. The van der Waals surface area contributed by atoms with Gasteiger partial charge >= 0.3 is 0 Å². The van der Waals surface area contributed by atoms with E-state index in [4.69, 9.17) is 44.8 Å². The number of amidine groups is 1. The van der Waals surface area contributed by atoms with Gasteiger partial charge in [-0.25, -0.2) is 4.99 Å². The van der Waals surface area contributed by atoms with Gasteiger partial charge in [0, 0.05) is 27.0 Å². The Balaban J connectivity index is 1.74. The molecule has 0 saturated heterocycles. The molecule has 2 aliphatic rings. The lowest BCUT2D eigenvalue weighted by Gasteiger charge is -2.37. The summed E-state index contributed by atoms with van der Waals surface area (Å²) >= 11 is 18.9. The smallest absolute Gasteiger partial charge is 0.146 e. The van der Waals surface area contributed by atoms with Crippen LogP contribution in [0, 0.1) is 6.92 Å². The minimum Gasteiger partial charge on any atom is -0.320 e. The average molecular weight is 549 g/mol. The second-order valence-electron chi connectivity index (χ2n) is 9.53. The van der Waals surface area contributed by atoms with Crippen molar-refractivity contribution in [1.82, 2.24) is 4.90 Å². The summed E-state index contributed by atoms with van der Waals surface area (Å²) in [4.78, 5) is 12.9. The molecule has 0 radical (unpaired) electrons. The van der Waals surface area contributed by atoms with Crippen molar-refractivity contribution in [2.45, 2.75) is 44.1 Å². The monoisotopic (exact) mass is 547 g/mol. The highest BCUT2D eigenvalue weighted by Gasteiger charge is 2.51. The Morgan fingerprint density at radius 3 is 2.16 bits per heavy atom. The van der Waals surface area contributed by atoms with E-state index in [-0.39, 0.29) is 11.4 Å². The molecule has 37 heavy (non-hydrogen) atoms. The van der Waals surface area contributed by atoms with Gasteiger partial charge in [0.15, 0.2) is 0 Å². The summed E-state index contributed by atoms with van der Waals surface area (Å²) in [5.74, 6) is 0.862. The Hall–Kier alpha value is -2.85. The summed E-state index contributed by atoms with van der Waals surface area (Å²) in [5, 5.41) is 1.36. The standard InChI is InChI=1S/C31H28Cl3N3/c1-20-4-16-28(17-5-20)35-21(2)31(24-8-12-26(33)13-9-24)22(3)37(29-18-14-27(34)15-19-29)30(36-31)23-6-10-25(32)11-7-23/h4-14,16-19,22,27H,15H2,1-3H3. The highest BCUT2D eigenvalue weighted by Crippen LogP contribution is 2.44. The van der Waals surface area contributed by atoms with E-state index in [1.807, 2.05) is 54.6 Å². The fourth-order valence-electron chi connectivity index (χ4n) is 5.09. The lowest BCUT2D eigenvalue weighted by Crippen LogP contribution is -2.47. The first-order valence-corrected chi connectivity index (χ1v) is 13.5. The van der Waals surface area contributed by atoms with E-state index in [1.54, 1.807) is 0 Å². The van der Waals surface area contributed by atoms with Gasteiger partial charge in [-0.05, 0) is 87.4 Å². The zero-order valence-corrected chi connectivity index (χ0v) is 23.3. The number of alkyl halides is 1. The molecule has 3 unspecified atom stereocenters. The van der Waals surface area contributed by atoms with Gasteiger partial charge in [0.25, 0.3) is 0 Å². The van der Waals surface area contributed by atoms with Crippen LogP contribution in [-0.4, -0.2) is 27.9 Å². The molecule has 3 nitrogen and oxygen atoms in total. The van der Waals surface area contributed by atoms with Crippen molar-refractivity contribution in [1.29, 1.82) is 0 Å². The molecule has 3 atom stereocenters. The quantitative estimate of drug-likeness (QED) is 0.231. The van der Waals surface area contributed by atoms with Crippen molar-refractivity contribution >= 4 is 52.0 Å². The second-order valence-corrected chi connectivity index (χ2v) is 11.0. The summed E-state index contributed by atoms with van der Waals surface area (Å²) in [6.45, 7) is 6.35. The Labute approximate surface area is 233 Å². The zero-order chi connectivity index (χ0) is 26.2. The molecule has 0 saturated carbocycles. The lowest BCUT2D eigenvalue weighted by atomic mass is 9.80. The predicted octanol–water partition coefficient (Wildman–Crippen LogP) is 8.89. The van der Waals surface area contributed by atoms with Crippen molar-refractivity contribution in [2.24, 2.45) is 9.98 Å². The van der Waals surface area contributed by atoms with E-state index in [9.17, 15) is 0 Å². The van der Waals surface area contributed by atoms with E-state index < -0.39 is 5.54 Å². The van der Waals surface area contributed by atoms with Gasteiger partial charge in [-0.1, -0.05) is 65.2 Å². The molecule has 0 N–H and O–H groups in total. The third-order valence-electron chi connectivity index (χ3n) is 7.08. The van der Waals surface area contributed by atoms with Crippen molar-refractivity contribution in [2.75, 3.05) is 0 Å². The summed E-state index contributed by atoms with van der Waals surface area (Å²) in [5.41, 5.74) is 5.32. The molecule has 1 heterocycles. The fraction of sp³-hybridized carbons (Fsp3) is 0.226. The average Bonchev–Trinajstić information content (AvgIpc) is 3.20. The van der Waals surface area contributed by atoms with Crippen LogP contribution in [0.3, 0.4) is 0 Å². The maximum Gasteiger partial charge on any atom is 0.146 e. The summed E-state index contributed by atoms with van der Waals surface area (Å²) in [7, 11) is 0. The second kappa shape index (κ2) is 10.5. The number of aryl methyl sites for hydroxylation is 1. The molecule has 0 bridgehead atoms. The number of nitrogens with zero attached hydrogens (tertiary/aromatic N) is 3. The summed E-state index contributed by atoms with van der Waals surface area (Å²) < 4.78 is 0. The van der Waals surface area contributed by atoms with E-state index in [1.165, 1.54) is 5.56 Å². The number of benzene rings is 3. The number of rotatable bonds is 5. The molecule has 1 aliphatic carbocycles. The van der Waals surface area contributed by atoms with Gasteiger partial charge < -0.3 is 4.90 Å². The van der Waals surface area contributed by atoms with Crippen LogP contribution in [0.25, 0.3) is 0 Å². The van der Waals surface area contributed by atoms with Crippen molar-refractivity contribution < 1.29 is 0 Å². The molecular weight excluding hydrogens is 521 g/mol. The van der Waals surface area contributed by atoms with Gasteiger partial charge in [0.05, 0.1) is 17.1 Å². The van der Waals surface area contributed by atoms with Crippen LogP contribution >= 0.6 is 34.8 Å². The molecule has 0 aromatic heterocycles. The largest absolute Gasteiger partial charge is 0.320 e. The first-order chi connectivity index (χ1) is 17.8. The Bertz CT molecular complexity index is 1400. The number of hydrogen-bond acceptors (Lipinski definition) is 3. The molecule has 0 amide bonds. The first-order valence-electron chi connectivity index (χ1n) is 12.3. The van der Waals surface area contributed by atoms with Crippen molar-refractivity contribution in [3.8, 4) is 0 Å². The van der Waals surface area contributed by atoms with Crippen LogP contribution in [0.5, 0.6) is 0 Å². The van der Waals surface area contributed by atoms with E-state index in [2.05, 4.69) is 62.1 Å². The molecular formula is C31H28Cl3N3. The van der Waals surface area contributed by atoms with Gasteiger partial charge in [-0.2, -0.15) is 0 Å². The number of hydrogen-bond donors (Lipinski definition) is 0. The number of allylic oxidation sites excluding steroid dienone is 3. The SMILES string of the molecule is CC(=Nc1ccc(C)cc1)C1(c2ccc(Cl)cc2)N=C(c2ccc(Cl)cc2)N(C2=CCC(Cl)C=C2)C1C. The van der Waals surface area contributed by atoms with Crippen LogP contribution in [0.2, 0.25) is 10.0 Å². The Morgan fingerprint density at radius 1 is 0.946 bits per heavy atom. The van der Waals surface area contributed by atoms with Gasteiger partial charge in [-0.15, -0.1) is 11.6 Å². The van der Waals surface area contributed by atoms with E-state index in [0.717, 1.165) is 40.5 Å². The fourth-order valence-corrected chi connectivity index (χ4v) is 5.51. The predicted molar refractivity (Wildman–Crippen MR) is 158 cm³/mol. The number of halogens is 3. The third-order valence-corrected chi connectivity index (χ3v) is 7.91. The van der Waals surface area contributed by atoms with Gasteiger partial charge in [0.1, 0.15) is 11.4 Å². The third kappa shape index (κ3) is 5.01. The molecule has 3 aromatic rings. The first kappa shape index (κ1) is 25.8. The molecule has 0 spiro atoms. The van der Waals surface area contributed by atoms with Crippen molar-refractivity contribution in [3.05, 3.63) is 123 Å². The van der Waals surface area contributed by atoms with E-state index in [0.29, 0.717) is 10.0 Å². The molecule has 1 aliphatic heterocycles. The Morgan fingerprint density at radius 2 is 1.57 bits per heavy atom. The van der Waals surface area contributed by atoms with E-state index >= 15 is 0 Å². The lowest BCUT2D eigenvalue weighted by molar-refractivity contribution is 0.351. The molecule has 188 valence electrons. The van der Waals surface area contributed by atoms with Gasteiger partial charge in [-0.3, -0.25) is 4.99 Å². The van der Waals surface area contributed by atoms with Crippen LogP contribution in [0.1, 0.15) is 37.0 Å². The zero-order valence-electron chi connectivity index (χ0n) is 21.0. The van der Waals surface area contributed by atoms with Crippen LogP contribution in [-0.2, 0) is 5.54 Å². The minimum absolute atomic E-state index is 0.0107. The normalized spacial score (nSPS) is 23.7. The molecule has 3 aromatic carbocycles. The molecule has 5 rings (SSSR count). The van der Waals surface area contributed by atoms with Crippen LogP contribution in [0.15, 0.2) is 107 Å². The van der Waals surface area contributed by atoms with Crippen molar-refractivity contribution in [3.63, 3.8) is 0 Å². The maximum atomic E-state index is 6.39. The highest BCUT2D eigenvalue weighted by atomic mass is 35.5. The maximum absolute atomic E-state index is 6.39. The van der Waals surface area contributed by atoms with Gasteiger partial charge in [0.2, 0.25) is 0 Å². The highest BCUT2D eigenvalue weighted by molar-refractivity contribution is 6.31. The van der Waals surface area contributed by atoms with Crippen LogP contribution < -0.4 is 0 Å². The molecule has 6 heteroatoms. The molecule has 0 fully saturated rings. The topological polar surface area (TPSA) is 28.0 Å². The Kier molecular flexibility index (Phi) is 7.31. The summed E-state index contributed by atoms with van der Waals surface area (Å²) in [6, 6.07) is 23.9. The summed E-state index contributed by atoms with van der Waals surface area (Å²) in [6.07, 6.45) is 7.07. The minimum atomic E-state index is -0.753. The van der Waals surface area contributed by atoms with Crippen LogP contribution in [0.4, 0.5) is 5.69 Å².